The molecule has 2 rings (SSSR count). The van der Waals surface area contributed by atoms with Gasteiger partial charge in [-0.05, 0) is 43.7 Å². The molecule has 1 aromatic rings. The summed E-state index contributed by atoms with van der Waals surface area (Å²) >= 11 is 1.73. The Morgan fingerprint density at radius 1 is 1.38 bits per heavy atom. The number of hydrogen-bond donors (Lipinski definition) is 1. The zero-order valence-corrected chi connectivity index (χ0v) is 10.6. The Balaban J connectivity index is 1.67. The van der Waals surface area contributed by atoms with E-state index in [0.29, 0.717) is 0 Å². The number of rotatable bonds is 7. The molecule has 1 aliphatic rings. The first kappa shape index (κ1) is 11.8. The van der Waals surface area contributed by atoms with Gasteiger partial charge >= 0.3 is 0 Å². The average molecular weight is 237 g/mol. The summed E-state index contributed by atoms with van der Waals surface area (Å²) in [6.07, 6.45) is 4.89. The van der Waals surface area contributed by atoms with Crippen LogP contribution in [0.1, 0.15) is 12.8 Å². The van der Waals surface area contributed by atoms with Gasteiger partial charge in [0, 0.05) is 11.4 Å². The summed E-state index contributed by atoms with van der Waals surface area (Å²) in [5, 5.41) is 3.42. The van der Waals surface area contributed by atoms with Gasteiger partial charge in [0.2, 0.25) is 0 Å². The smallest absolute Gasteiger partial charge is 0.132 e. The third-order valence-corrected chi connectivity index (χ3v) is 3.51. The monoisotopic (exact) mass is 237 g/mol. The van der Waals surface area contributed by atoms with Crippen molar-refractivity contribution < 1.29 is 4.74 Å². The van der Waals surface area contributed by atoms with Crippen LogP contribution in [0.2, 0.25) is 0 Å². The SMILES string of the molecule is CSc1ccccc1OCCNCC1CC1. The lowest BCUT2D eigenvalue weighted by Gasteiger charge is -2.10. The lowest BCUT2D eigenvalue weighted by atomic mass is 10.3. The molecule has 3 heteroatoms. The van der Waals surface area contributed by atoms with E-state index in [1.165, 1.54) is 17.7 Å². The third-order valence-electron chi connectivity index (χ3n) is 2.74. The van der Waals surface area contributed by atoms with E-state index in [4.69, 9.17) is 4.74 Å². The molecule has 0 bridgehead atoms. The molecule has 0 heterocycles. The molecule has 1 N–H and O–H groups in total. The fraction of sp³-hybridized carbons (Fsp3) is 0.538. The van der Waals surface area contributed by atoms with E-state index in [1.807, 2.05) is 18.2 Å². The van der Waals surface area contributed by atoms with Crippen LogP contribution < -0.4 is 10.1 Å². The molecule has 0 saturated heterocycles. The number of nitrogens with one attached hydrogen (secondary N) is 1. The summed E-state index contributed by atoms with van der Waals surface area (Å²) in [5.41, 5.74) is 0. The quantitative estimate of drug-likeness (QED) is 0.582. The van der Waals surface area contributed by atoms with Gasteiger partial charge in [0.25, 0.3) is 0 Å². The van der Waals surface area contributed by atoms with Crippen LogP contribution in [0.25, 0.3) is 0 Å². The van der Waals surface area contributed by atoms with Gasteiger partial charge in [0.15, 0.2) is 0 Å². The lowest BCUT2D eigenvalue weighted by Crippen LogP contribution is -2.23. The highest BCUT2D eigenvalue weighted by Crippen LogP contribution is 2.28. The first-order chi connectivity index (χ1) is 7.90. The van der Waals surface area contributed by atoms with Crippen molar-refractivity contribution in [3.63, 3.8) is 0 Å². The topological polar surface area (TPSA) is 21.3 Å². The second kappa shape index (κ2) is 6.16. The minimum atomic E-state index is 0.754. The van der Waals surface area contributed by atoms with E-state index in [0.717, 1.165) is 31.4 Å². The molecule has 0 spiro atoms. The van der Waals surface area contributed by atoms with Gasteiger partial charge in [-0.3, -0.25) is 0 Å². The highest BCUT2D eigenvalue weighted by Gasteiger charge is 2.19. The predicted molar refractivity (Wildman–Crippen MR) is 69.3 cm³/mol. The number of thioether (sulfide) groups is 1. The van der Waals surface area contributed by atoms with E-state index in [1.54, 1.807) is 11.8 Å². The highest BCUT2D eigenvalue weighted by molar-refractivity contribution is 7.98. The lowest BCUT2D eigenvalue weighted by molar-refractivity contribution is 0.306. The van der Waals surface area contributed by atoms with Gasteiger partial charge in [0.1, 0.15) is 12.4 Å². The molecule has 1 aromatic carbocycles. The van der Waals surface area contributed by atoms with Gasteiger partial charge in [-0.15, -0.1) is 11.8 Å². The van der Waals surface area contributed by atoms with Crippen molar-refractivity contribution in [1.29, 1.82) is 0 Å². The van der Waals surface area contributed by atoms with Gasteiger partial charge in [-0.1, -0.05) is 12.1 Å². The standard InChI is InChI=1S/C13H19NOS/c1-16-13-5-3-2-4-12(13)15-9-8-14-10-11-6-7-11/h2-5,11,14H,6-10H2,1H3. The summed E-state index contributed by atoms with van der Waals surface area (Å²) in [4.78, 5) is 1.21. The van der Waals surface area contributed by atoms with Crippen LogP contribution in [-0.2, 0) is 0 Å². The first-order valence-corrected chi connectivity index (χ1v) is 7.09. The molecule has 16 heavy (non-hydrogen) atoms. The normalized spacial score (nSPS) is 15.1. The summed E-state index contributed by atoms with van der Waals surface area (Å²) in [6.45, 7) is 2.86. The Bertz CT molecular complexity index is 325. The van der Waals surface area contributed by atoms with Crippen LogP contribution in [-0.4, -0.2) is 26.0 Å². The van der Waals surface area contributed by atoms with E-state index >= 15 is 0 Å². The van der Waals surface area contributed by atoms with Crippen molar-refractivity contribution in [2.75, 3.05) is 26.0 Å². The Morgan fingerprint density at radius 2 is 2.19 bits per heavy atom. The Hall–Kier alpha value is -0.670. The molecule has 1 saturated carbocycles. The van der Waals surface area contributed by atoms with Crippen LogP contribution in [0.15, 0.2) is 29.2 Å². The zero-order valence-electron chi connectivity index (χ0n) is 9.74. The number of hydrogen-bond acceptors (Lipinski definition) is 3. The maximum atomic E-state index is 5.75. The molecule has 1 fully saturated rings. The van der Waals surface area contributed by atoms with E-state index in [9.17, 15) is 0 Å². The zero-order chi connectivity index (χ0) is 11.2. The van der Waals surface area contributed by atoms with Crippen molar-refractivity contribution in [2.45, 2.75) is 17.7 Å². The van der Waals surface area contributed by atoms with Gasteiger partial charge in [0.05, 0.1) is 0 Å². The second-order valence-corrected chi connectivity index (χ2v) is 4.99. The second-order valence-electron chi connectivity index (χ2n) is 4.15. The molecule has 0 aliphatic heterocycles. The Morgan fingerprint density at radius 3 is 2.94 bits per heavy atom. The maximum absolute atomic E-state index is 5.75. The Labute approximate surface area is 102 Å². The molecule has 0 unspecified atom stereocenters. The van der Waals surface area contributed by atoms with Crippen molar-refractivity contribution >= 4 is 11.8 Å². The predicted octanol–water partition coefficient (Wildman–Crippen LogP) is 2.79. The third kappa shape index (κ3) is 3.72. The van der Waals surface area contributed by atoms with Crippen LogP contribution in [0.5, 0.6) is 5.75 Å². The fourth-order valence-electron chi connectivity index (χ4n) is 1.60. The van der Waals surface area contributed by atoms with Crippen LogP contribution in [0.3, 0.4) is 0 Å². The van der Waals surface area contributed by atoms with Gasteiger partial charge < -0.3 is 10.1 Å². The number of benzene rings is 1. The van der Waals surface area contributed by atoms with Crippen LogP contribution >= 0.6 is 11.8 Å². The average Bonchev–Trinajstić information content (AvgIpc) is 3.13. The largest absolute Gasteiger partial charge is 0.491 e. The van der Waals surface area contributed by atoms with Gasteiger partial charge in [-0.2, -0.15) is 0 Å². The maximum Gasteiger partial charge on any atom is 0.132 e. The molecule has 88 valence electrons. The van der Waals surface area contributed by atoms with Gasteiger partial charge in [-0.25, -0.2) is 0 Å². The molecule has 0 amide bonds. The Kier molecular flexibility index (Phi) is 4.55. The molecule has 0 atom stereocenters. The summed E-state index contributed by atoms with van der Waals surface area (Å²) in [7, 11) is 0. The van der Waals surface area contributed by atoms with Crippen molar-refractivity contribution in [3.05, 3.63) is 24.3 Å². The first-order valence-electron chi connectivity index (χ1n) is 5.86. The fourth-order valence-corrected chi connectivity index (χ4v) is 2.14. The highest BCUT2D eigenvalue weighted by atomic mass is 32.2. The van der Waals surface area contributed by atoms with E-state index in [2.05, 4.69) is 17.6 Å². The van der Waals surface area contributed by atoms with E-state index < -0.39 is 0 Å². The van der Waals surface area contributed by atoms with Crippen LogP contribution in [0.4, 0.5) is 0 Å². The summed E-state index contributed by atoms with van der Waals surface area (Å²) < 4.78 is 5.75. The molecule has 0 aromatic heterocycles. The van der Waals surface area contributed by atoms with Crippen molar-refractivity contribution in [2.24, 2.45) is 5.92 Å². The minimum absolute atomic E-state index is 0.754. The summed E-state index contributed by atoms with van der Waals surface area (Å²) in [5.74, 6) is 1.95. The van der Waals surface area contributed by atoms with E-state index in [-0.39, 0.29) is 0 Å². The molecular weight excluding hydrogens is 218 g/mol. The molecule has 0 radical (unpaired) electrons. The number of para-hydroxylation sites is 1. The minimum Gasteiger partial charge on any atom is -0.491 e. The molecular formula is C13H19NOS. The number of ether oxygens (including phenoxy) is 1. The van der Waals surface area contributed by atoms with Crippen molar-refractivity contribution in [1.82, 2.24) is 5.32 Å². The molecule has 1 aliphatic carbocycles. The van der Waals surface area contributed by atoms with Crippen LogP contribution in [0, 0.1) is 5.92 Å². The van der Waals surface area contributed by atoms with Crippen molar-refractivity contribution in [3.8, 4) is 5.75 Å². The molecule has 2 nitrogen and oxygen atoms in total. The summed E-state index contributed by atoms with van der Waals surface area (Å²) in [6, 6.07) is 8.20.